The topological polar surface area (TPSA) is 71.0 Å². The number of hydrogen-bond acceptors (Lipinski definition) is 3. The van der Waals surface area contributed by atoms with Gasteiger partial charge in [-0.05, 0) is 44.0 Å². The summed E-state index contributed by atoms with van der Waals surface area (Å²) in [7, 11) is 1.84. The molecule has 2 atom stereocenters. The fourth-order valence-electron chi connectivity index (χ4n) is 2.75. The zero-order valence-electron chi connectivity index (χ0n) is 14.0. The van der Waals surface area contributed by atoms with Gasteiger partial charge in [0.2, 0.25) is 5.91 Å². The second-order valence-corrected chi connectivity index (χ2v) is 6.64. The molecule has 0 spiro atoms. The van der Waals surface area contributed by atoms with Gasteiger partial charge in [-0.2, -0.15) is 5.10 Å². The van der Waals surface area contributed by atoms with E-state index in [0.717, 1.165) is 17.8 Å². The normalized spacial score (nSPS) is 18.8. The average Bonchev–Trinajstić information content (AvgIpc) is 3.27. The van der Waals surface area contributed by atoms with Gasteiger partial charge in [0.25, 0.3) is 0 Å². The third kappa shape index (κ3) is 3.73. The summed E-state index contributed by atoms with van der Waals surface area (Å²) in [6.07, 6.45) is 2.71. The molecule has 1 aromatic carbocycles. The highest BCUT2D eigenvalue weighted by atomic mass is 32.1. The standard InChI is InChI=1S/C17H21N5OS/c1-10-4-6-12(7-5-10)13-8-14(13)16(23)19-20-17(24)18-15-9-22(3)21-11(15)2/h4-7,9,13-14H,8H2,1-3H3,(H,19,23)(H2,18,20,24)/t13-,14-/m0/s1. The number of rotatable bonds is 3. The van der Waals surface area contributed by atoms with Crippen LogP contribution in [0.5, 0.6) is 0 Å². The molecule has 1 aromatic heterocycles. The van der Waals surface area contributed by atoms with E-state index in [4.69, 9.17) is 12.2 Å². The summed E-state index contributed by atoms with van der Waals surface area (Å²) in [6, 6.07) is 8.35. The minimum absolute atomic E-state index is 0.00290. The lowest BCUT2D eigenvalue weighted by molar-refractivity contribution is -0.122. The van der Waals surface area contributed by atoms with Crippen molar-refractivity contribution in [1.82, 2.24) is 20.6 Å². The maximum Gasteiger partial charge on any atom is 0.242 e. The molecular formula is C17H21N5OS. The average molecular weight is 343 g/mol. The maximum atomic E-state index is 12.2. The van der Waals surface area contributed by atoms with Crippen LogP contribution in [0, 0.1) is 19.8 Å². The largest absolute Gasteiger partial charge is 0.329 e. The van der Waals surface area contributed by atoms with Crippen molar-refractivity contribution >= 4 is 28.9 Å². The highest BCUT2D eigenvalue weighted by molar-refractivity contribution is 7.80. The molecular weight excluding hydrogens is 322 g/mol. The Morgan fingerprint density at radius 3 is 2.58 bits per heavy atom. The lowest BCUT2D eigenvalue weighted by atomic mass is 10.1. The molecule has 24 heavy (non-hydrogen) atoms. The Hall–Kier alpha value is -2.41. The van der Waals surface area contributed by atoms with Crippen molar-refractivity contribution in [2.24, 2.45) is 13.0 Å². The molecule has 3 N–H and O–H groups in total. The number of carbonyl (C=O) groups is 1. The third-order valence-corrected chi connectivity index (χ3v) is 4.40. The molecule has 0 saturated heterocycles. The number of thiocarbonyl (C=S) groups is 1. The van der Waals surface area contributed by atoms with E-state index >= 15 is 0 Å². The molecule has 3 rings (SSSR count). The van der Waals surface area contributed by atoms with Gasteiger partial charge >= 0.3 is 0 Å². The molecule has 6 nitrogen and oxygen atoms in total. The lowest BCUT2D eigenvalue weighted by Crippen LogP contribution is -2.44. The van der Waals surface area contributed by atoms with Gasteiger partial charge in [-0.3, -0.25) is 20.3 Å². The Balaban J connectivity index is 1.47. The van der Waals surface area contributed by atoms with E-state index < -0.39 is 0 Å². The molecule has 0 aliphatic heterocycles. The van der Waals surface area contributed by atoms with Gasteiger partial charge in [0, 0.05) is 19.2 Å². The maximum absolute atomic E-state index is 12.2. The number of benzene rings is 1. The number of nitrogens with zero attached hydrogens (tertiary/aromatic N) is 2. The number of carbonyl (C=O) groups excluding carboxylic acids is 1. The van der Waals surface area contributed by atoms with Crippen LogP contribution in [0.2, 0.25) is 0 Å². The molecule has 126 valence electrons. The summed E-state index contributed by atoms with van der Waals surface area (Å²) in [5.74, 6) is 0.269. The van der Waals surface area contributed by atoms with Crippen molar-refractivity contribution in [3.63, 3.8) is 0 Å². The van der Waals surface area contributed by atoms with Gasteiger partial charge in [-0.25, -0.2) is 0 Å². The van der Waals surface area contributed by atoms with E-state index in [1.54, 1.807) is 4.68 Å². The third-order valence-electron chi connectivity index (χ3n) is 4.19. The molecule has 1 heterocycles. The predicted molar refractivity (Wildman–Crippen MR) is 97.5 cm³/mol. The Labute approximate surface area is 146 Å². The quantitative estimate of drug-likeness (QED) is 0.588. The van der Waals surface area contributed by atoms with Gasteiger partial charge in [0.1, 0.15) is 0 Å². The summed E-state index contributed by atoms with van der Waals surface area (Å²) in [4.78, 5) is 12.2. The van der Waals surface area contributed by atoms with Crippen molar-refractivity contribution in [2.75, 3.05) is 5.32 Å². The van der Waals surface area contributed by atoms with E-state index in [1.165, 1.54) is 11.1 Å². The number of aromatic nitrogens is 2. The summed E-state index contributed by atoms with van der Waals surface area (Å²) >= 11 is 5.19. The molecule has 0 unspecified atom stereocenters. The van der Waals surface area contributed by atoms with E-state index in [0.29, 0.717) is 11.0 Å². The van der Waals surface area contributed by atoms with Crippen LogP contribution in [0.25, 0.3) is 0 Å². The lowest BCUT2D eigenvalue weighted by Gasteiger charge is -2.11. The predicted octanol–water partition coefficient (Wildman–Crippen LogP) is 2.16. The minimum atomic E-state index is -0.0346. The Bertz CT molecular complexity index is 768. The number of hydrogen-bond donors (Lipinski definition) is 3. The summed E-state index contributed by atoms with van der Waals surface area (Å²) in [6.45, 7) is 3.95. The van der Waals surface area contributed by atoms with Crippen molar-refractivity contribution in [3.8, 4) is 0 Å². The number of hydrazine groups is 1. The van der Waals surface area contributed by atoms with Gasteiger partial charge in [0.15, 0.2) is 5.11 Å². The van der Waals surface area contributed by atoms with Crippen LogP contribution < -0.4 is 16.2 Å². The fraction of sp³-hybridized carbons (Fsp3) is 0.353. The van der Waals surface area contributed by atoms with E-state index in [9.17, 15) is 4.79 Å². The summed E-state index contributed by atoms with van der Waals surface area (Å²) < 4.78 is 1.70. The number of amides is 1. The smallest absolute Gasteiger partial charge is 0.242 e. The van der Waals surface area contributed by atoms with Crippen molar-refractivity contribution < 1.29 is 4.79 Å². The molecule has 1 amide bonds. The second-order valence-electron chi connectivity index (χ2n) is 6.23. The van der Waals surface area contributed by atoms with Crippen LogP contribution in [0.3, 0.4) is 0 Å². The van der Waals surface area contributed by atoms with Crippen LogP contribution in [0.1, 0.15) is 29.2 Å². The van der Waals surface area contributed by atoms with Crippen LogP contribution in [-0.2, 0) is 11.8 Å². The van der Waals surface area contributed by atoms with Crippen LogP contribution in [-0.4, -0.2) is 20.8 Å². The fourth-order valence-corrected chi connectivity index (χ4v) is 2.91. The van der Waals surface area contributed by atoms with E-state index in [1.807, 2.05) is 20.2 Å². The van der Waals surface area contributed by atoms with Crippen molar-refractivity contribution in [1.29, 1.82) is 0 Å². The highest BCUT2D eigenvalue weighted by Crippen LogP contribution is 2.47. The minimum Gasteiger partial charge on any atom is -0.329 e. The molecule has 2 aromatic rings. The first-order chi connectivity index (χ1) is 11.4. The second kappa shape index (κ2) is 6.60. The van der Waals surface area contributed by atoms with Gasteiger partial charge < -0.3 is 5.32 Å². The van der Waals surface area contributed by atoms with Gasteiger partial charge in [0.05, 0.1) is 11.4 Å². The van der Waals surface area contributed by atoms with E-state index in [-0.39, 0.29) is 11.8 Å². The molecule has 1 aliphatic rings. The number of nitrogens with one attached hydrogen (secondary N) is 3. The number of anilines is 1. The van der Waals surface area contributed by atoms with E-state index in [2.05, 4.69) is 52.5 Å². The monoisotopic (exact) mass is 343 g/mol. The molecule has 1 aliphatic carbocycles. The Morgan fingerprint density at radius 2 is 1.96 bits per heavy atom. The Morgan fingerprint density at radius 1 is 1.25 bits per heavy atom. The van der Waals surface area contributed by atoms with Crippen LogP contribution >= 0.6 is 12.2 Å². The molecule has 0 radical (unpaired) electrons. The molecule has 7 heteroatoms. The van der Waals surface area contributed by atoms with Gasteiger partial charge in [-0.1, -0.05) is 29.8 Å². The first kappa shape index (κ1) is 16.4. The molecule has 1 saturated carbocycles. The van der Waals surface area contributed by atoms with Gasteiger partial charge in [-0.15, -0.1) is 0 Å². The number of aryl methyl sites for hydroxylation is 3. The first-order valence-electron chi connectivity index (χ1n) is 7.87. The first-order valence-corrected chi connectivity index (χ1v) is 8.28. The van der Waals surface area contributed by atoms with Crippen LogP contribution in [0.4, 0.5) is 5.69 Å². The van der Waals surface area contributed by atoms with Crippen molar-refractivity contribution in [3.05, 3.63) is 47.3 Å². The summed E-state index contributed by atoms with van der Waals surface area (Å²) in [5.41, 5.74) is 9.53. The zero-order chi connectivity index (χ0) is 17.3. The Kier molecular flexibility index (Phi) is 4.53. The zero-order valence-corrected chi connectivity index (χ0v) is 14.8. The van der Waals surface area contributed by atoms with Crippen LogP contribution in [0.15, 0.2) is 30.5 Å². The SMILES string of the molecule is Cc1ccc([C@@H]2C[C@@H]2C(=O)NNC(=S)Nc2cn(C)nc2C)cc1. The molecule has 1 fully saturated rings. The molecule has 0 bridgehead atoms. The highest BCUT2D eigenvalue weighted by Gasteiger charge is 2.43. The summed E-state index contributed by atoms with van der Waals surface area (Å²) in [5, 5.41) is 7.58. The van der Waals surface area contributed by atoms with Crippen molar-refractivity contribution in [2.45, 2.75) is 26.2 Å².